The quantitative estimate of drug-likeness (QED) is 0.274. The molecule has 0 saturated carbocycles. The fraction of sp³-hybridized carbons (Fsp3) is 0.0476. The van der Waals surface area contributed by atoms with Crippen LogP contribution >= 0.6 is 23.2 Å². The third-order valence-corrected chi connectivity index (χ3v) is 4.51. The molecule has 1 amide bonds. The number of amides is 1. The number of hydrogen-bond donors (Lipinski definition) is 3. The van der Waals surface area contributed by atoms with Crippen molar-refractivity contribution in [2.24, 2.45) is 5.16 Å². The molecule has 6 nitrogen and oxygen atoms in total. The number of phenols is 1. The first-order chi connectivity index (χ1) is 14.0. The summed E-state index contributed by atoms with van der Waals surface area (Å²) in [5, 5.41) is 24.0. The predicted octanol–water partition coefficient (Wildman–Crippen LogP) is 5.48. The second kappa shape index (κ2) is 9.32. The number of phenolic OH excluding ortho intramolecular Hbond substituents is 1. The molecule has 0 fully saturated rings. The van der Waals surface area contributed by atoms with Crippen LogP contribution in [0.25, 0.3) is 0 Å². The van der Waals surface area contributed by atoms with E-state index in [1.165, 1.54) is 18.2 Å². The average molecular weight is 431 g/mol. The van der Waals surface area contributed by atoms with Crippen molar-refractivity contribution >= 4 is 41.0 Å². The summed E-state index contributed by atoms with van der Waals surface area (Å²) >= 11 is 12.5. The van der Waals surface area contributed by atoms with Crippen molar-refractivity contribution in [3.05, 3.63) is 81.8 Å². The van der Waals surface area contributed by atoms with E-state index in [0.717, 1.165) is 5.56 Å². The Bertz CT molecular complexity index is 1030. The van der Waals surface area contributed by atoms with Crippen LogP contribution in [0, 0.1) is 0 Å². The molecule has 3 N–H and O–H groups in total. The number of aromatic hydroxyl groups is 1. The third kappa shape index (κ3) is 5.40. The maximum Gasteiger partial charge on any atom is 0.270 e. The van der Waals surface area contributed by atoms with Crippen molar-refractivity contribution in [3.63, 3.8) is 0 Å². The van der Waals surface area contributed by atoms with Gasteiger partial charge in [-0.2, -0.15) is 0 Å². The van der Waals surface area contributed by atoms with Crippen LogP contribution < -0.4 is 10.1 Å². The summed E-state index contributed by atoms with van der Waals surface area (Å²) in [6.07, 6.45) is 1.24. The largest absolute Gasteiger partial charge is 0.508 e. The van der Waals surface area contributed by atoms with Crippen molar-refractivity contribution in [1.82, 2.24) is 0 Å². The lowest BCUT2D eigenvalue weighted by atomic mass is 10.0. The second-order valence-electron chi connectivity index (χ2n) is 6.06. The third-order valence-electron chi connectivity index (χ3n) is 3.95. The smallest absolute Gasteiger partial charge is 0.270 e. The first-order valence-electron chi connectivity index (χ1n) is 8.47. The highest BCUT2D eigenvalue weighted by molar-refractivity contribution is 6.38. The van der Waals surface area contributed by atoms with Crippen molar-refractivity contribution in [2.75, 3.05) is 5.32 Å². The van der Waals surface area contributed by atoms with Gasteiger partial charge in [-0.25, -0.2) is 0 Å². The normalized spacial score (nSPS) is 10.8. The number of nitrogens with zero attached hydrogens (tertiary/aromatic N) is 1. The summed E-state index contributed by atoms with van der Waals surface area (Å²) in [5.74, 6) is 0.166. The Morgan fingerprint density at radius 2 is 1.76 bits per heavy atom. The van der Waals surface area contributed by atoms with Gasteiger partial charge in [0.2, 0.25) is 0 Å². The summed E-state index contributed by atoms with van der Waals surface area (Å²) in [4.78, 5) is 11.5. The molecule has 0 aliphatic rings. The van der Waals surface area contributed by atoms with E-state index in [4.69, 9.17) is 33.1 Å². The number of rotatable bonds is 6. The molecule has 0 saturated heterocycles. The predicted molar refractivity (Wildman–Crippen MR) is 113 cm³/mol. The monoisotopic (exact) mass is 430 g/mol. The zero-order valence-corrected chi connectivity index (χ0v) is 16.5. The van der Waals surface area contributed by atoms with Gasteiger partial charge in [0.05, 0.1) is 10.0 Å². The number of ether oxygens (including phenoxy) is 1. The first kappa shape index (κ1) is 20.5. The molecule has 0 aliphatic heterocycles. The van der Waals surface area contributed by atoms with Crippen molar-refractivity contribution in [2.45, 2.75) is 6.42 Å². The van der Waals surface area contributed by atoms with Crippen molar-refractivity contribution in [1.29, 1.82) is 0 Å². The lowest BCUT2D eigenvalue weighted by Gasteiger charge is -2.13. The molecule has 0 aliphatic carbocycles. The molecule has 0 aromatic heterocycles. The zero-order valence-electron chi connectivity index (χ0n) is 15.0. The summed E-state index contributed by atoms with van der Waals surface area (Å²) in [7, 11) is 0. The van der Waals surface area contributed by atoms with Gasteiger partial charge in [-0.15, -0.1) is 0 Å². The summed E-state index contributed by atoms with van der Waals surface area (Å²) in [5.41, 5.74) is 2.04. The average Bonchev–Trinajstić information content (AvgIpc) is 2.68. The van der Waals surface area contributed by atoms with Crippen LogP contribution in [0.2, 0.25) is 10.0 Å². The molecule has 0 bridgehead atoms. The number of nitrogens with one attached hydrogen (secondary N) is 1. The van der Waals surface area contributed by atoms with Gasteiger partial charge in [-0.1, -0.05) is 58.7 Å². The number of anilines is 1. The number of carbonyl (C=O) groups excluding carboxylic acids is 1. The Kier molecular flexibility index (Phi) is 6.59. The van der Waals surface area contributed by atoms with Crippen LogP contribution in [0.4, 0.5) is 5.69 Å². The van der Waals surface area contributed by atoms with Gasteiger partial charge >= 0.3 is 0 Å². The van der Waals surface area contributed by atoms with Crippen LogP contribution in [-0.2, 0) is 11.2 Å². The lowest BCUT2D eigenvalue weighted by molar-refractivity contribution is -0.110. The maximum atomic E-state index is 11.5. The molecule has 8 heteroatoms. The van der Waals surface area contributed by atoms with E-state index in [2.05, 4.69) is 10.5 Å². The highest BCUT2D eigenvalue weighted by Crippen LogP contribution is 2.39. The van der Waals surface area contributed by atoms with Gasteiger partial charge in [0, 0.05) is 17.7 Å². The van der Waals surface area contributed by atoms with Crippen LogP contribution in [0.5, 0.6) is 17.2 Å². The molecule has 29 heavy (non-hydrogen) atoms. The maximum absolute atomic E-state index is 11.5. The minimum atomic E-state index is -0.641. The van der Waals surface area contributed by atoms with Crippen molar-refractivity contribution < 1.29 is 19.8 Å². The van der Waals surface area contributed by atoms with Crippen molar-refractivity contribution in [3.8, 4) is 17.2 Å². The van der Waals surface area contributed by atoms with Crippen LogP contribution in [0.15, 0.2) is 65.8 Å². The highest BCUT2D eigenvalue weighted by Gasteiger charge is 2.13. The van der Waals surface area contributed by atoms with E-state index in [9.17, 15) is 9.90 Å². The summed E-state index contributed by atoms with van der Waals surface area (Å²) in [6.45, 7) is 0. The Morgan fingerprint density at radius 1 is 1.07 bits per heavy atom. The van der Waals surface area contributed by atoms with E-state index >= 15 is 0 Å². The van der Waals surface area contributed by atoms with E-state index in [1.54, 1.807) is 12.1 Å². The molecule has 148 valence electrons. The summed E-state index contributed by atoms with van der Waals surface area (Å²) in [6, 6.07) is 17.5. The Hall–Kier alpha value is -3.22. The first-order valence-corrected chi connectivity index (χ1v) is 9.23. The second-order valence-corrected chi connectivity index (χ2v) is 6.87. The van der Waals surface area contributed by atoms with E-state index in [0.29, 0.717) is 29.6 Å². The van der Waals surface area contributed by atoms with Gasteiger partial charge in [-0.3, -0.25) is 4.79 Å². The molecular weight excluding hydrogens is 415 g/mol. The Morgan fingerprint density at radius 3 is 2.41 bits per heavy atom. The lowest BCUT2D eigenvalue weighted by Crippen LogP contribution is -2.12. The number of oxime groups is 1. The van der Waals surface area contributed by atoms with Gasteiger partial charge < -0.3 is 20.4 Å². The minimum absolute atomic E-state index is 0.155. The fourth-order valence-corrected chi connectivity index (χ4v) is 3.22. The molecule has 0 radical (unpaired) electrons. The van der Waals surface area contributed by atoms with Gasteiger partial charge in [-0.05, 0) is 35.9 Å². The number of carbonyl (C=O) groups is 1. The van der Waals surface area contributed by atoms with Gasteiger partial charge in [0.1, 0.15) is 17.7 Å². The number of halogens is 2. The van der Waals surface area contributed by atoms with E-state index < -0.39 is 5.91 Å². The highest BCUT2D eigenvalue weighted by atomic mass is 35.5. The number of hydrogen-bond acceptors (Lipinski definition) is 5. The zero-order chi connectivity index (χ0) is 20.8. The van der Waals surface area contributed by atoms with Gasteiger partial charge in [0.15, 0.2) is 5.75 Å². The topological polar surface area (TPSA) is 91.2 Å². The van der Waals surface area contributed by atoms with E-state index in [-0.39, 0.29) is 21.5 Å². The minimum Gasteiger partial charge on any atom is -0.508 e. The Labute approximate surface area is 177 Å². The van der Waals surface area contributed by atoms with Gasteiger partial charge in [0.25, 0.3) is 5.91 Å². The van der Waals surface area contributed by atoms with Crippen LogP contribution in [-0.4, -0.2) is 22.4 Å². The SMILES string of the molecule is O=C(/C=N/O)Nc1cc(Cl)c(Oc2ccc(O)c(Cc3ccccc3)c2)c(Cl)c1. The molecular formula is C21H16Cl2N2O4. The fourth-order valence-electron chi connectivity index (χ4n) is 2.66. The number of benzene rings is 3. The molecule has 3 aromatic rings. The molecule has 0 atom stereocenters. The van der Waals surface area contributed by atoms with Crippen LogP contribution in [0.1, 0.15) is 11.1 Å². The Balaban J connectivity index is 1.82. The summed E-state index contributed by atoms with van der Waals surface area (Å²) < 4.78 is 5.83. The standard InChI is InChI=1S/C21H16Cl2N2O4/c22-17-10-15(25-20(27)12-24-28)11-18(23)21(17)29-16-6-7-19(26)14(9-16)8-13-4-2-1-3-5-13/h1-7,9-12,26,28H,8H2,(H,25,27)/b24-12+. The van der Waals surface area contributed by atoms with Crippen LogP contribution in [0.3, 0.4) is 0 Å². The molecule has 3 rings (SSSR count). The molecule has 3 aromatic carbocycles. The molecule has 0 unspecified atom stereocenters. The van der Waals surface area contributed by atoms with E-state index in [1.807, 2.05) is 30.3 Å². The molecule has 0 heterocycles. The molecule has 0 spiro atoms.